The molecule has 0 saturated heterocycles. The molecule has 5 heteroatoms. The highest BCUT2D eigenvalue weighted by atomic mass is 16.5. The first-order chi connectivity index (χ1) is 10.7. The van der Waals surface area contributed by atoms with Crippen molar-refractivity contribution in [1.82, 2.24) is 9.61 Å². The number of rotatable bonds is 4. The minimum Gasteiger partial charge on any atom is -0.497 e. The van der Waals surface area contributed by atoms with Gasteiger partial charge in [0.1, 0.15) is 5.75 Å². The Labute approximate surface area is 128 Å². The van der Waals surface area contributed by atoms with Crippen molar-refractivity contribution in [3.05, 3.63) is 54.2 Å². The third kappa shape index (κ3) is 2.65. The van der Waals surface area contributed by atoms with Gasteiger partial charge in [-0.3, -0.25) is 0 Å². The largest absolute Gasteiger partial charge is 0.497 e. The van der Waals surface area contributed by atoms with Gasteiger partial charge in [0, 0.05) is 11.8 Å². The highest BCUT2D eigenvalue weighted by Crippen LogP contribution is 2.23. The molecule has 22 heavy (non-hydrogen) atoms. The van der Waals surface area contributed by atoms with Crippen LogP contribution in [0.25, 0.3) is 16.8 Å². The van der Waals surface area contributed by atoms with E-state index >= 15 is 0 Å². The van der Waals surface area contributed by atoms with Crippen molar-refractivity contribution in [2.45, 2.75) is 6.92 Å². The van der Waals surface area contributed by atoms with E-state index in [-0.39, 0.29) is 5.97 Å². The Morgan fingerprint density at radius 1 is 1.18 bits per heavy atom. The number of carbonyl (C=O) groups is 1. The van der Waals surface area contributed by atoms with Crippen molar-refractivity contribution in [2.24, 2.45) is 0 Å². The molecule has 2 heterocycles. The number of pyridine rings is 1. The molecule has 5 nitrogen and oxygen atoms in total. The maximum atomic E-state index is 11.8. The number of nitrogens with zero attached hydrogens (tertiary/aromatic N) is 2. The van der Waals surface area contributed by atoms with Gasteiger partial charge in [-0.1, -0.05) is 0 Å². The number of ether oxygens (including phenoxy) is 2. The van der Waals surface area contributed by atoms with Gasteiger partial charge in [0.2, 0.25) is 0 Å². The molecule has 0 aliphatic carbocycles. The molecule has 0 spiro atoms. The second-order valence-corrected chi connectivity index (χ2v) is 4.76. The molecular weight excluding hydrogens is 280 g/mol. The number of aromatic nitrogens is 2. The molecule has 0 bridgehead atoms. The van der Waals surface area contributed by atoms with Crippen molar-refractivity contribution < 1.29 is 14.3 Å². The molecule has 3 rings (SSSR count). The number of hydrogen-bond donors (Lipinski definition) is 0. The SMILES string of the molecule is CCOC(=O)c1ccn2nc(-c3ccc(OC)cc3)cc2c1. The molecule has 0 radical (unpaired) electrons. The smallest absolute Gasteiger partial charge is 0.338 e. The Balaban J connectivity index is 1.96. The van der Waals surface area contributed by atoms with Gasteiger partial charge in [-0.05, 0) is 49.4 Å². The maximum absolute atomic E-state index is 11.8. The summed E-state index contributed by atoms with van der Waals surface area (Å²) in [7, 11) is 1.64. The van der Waals surface area contributed by atoms with E-state index in [9.17, 15) is 4.79 Å². The predicted octanol–water partition coefficient (Wildman–Crippen LogP) is 3.19. The van der Waals surface area contributed by atoms with E-state index in [1.54, 1.807) is 36.9 Å². The van der Waals surface area contributed by atoms with E-state index in [0.717, 1.165) is 22.5 Å². The van der Waals surface area contributed by atoms with Crippen LogP contribution in [0.5, 0.6) is 5.75 Å². The van der Waals surface area contributed by atoms with E-state index in [2.05, 4.69) is 5.10 Å². The zero-order chi connectivity index (χ0) is 15.5. The summed E-state index contributed by atoms with van der Waals surface area (Å²) in [5.41, 5.74) is 3.19. The Kier molecular flexibility index (Phi) is 3.78. The van der Waals surface area contributed by atoms with Gasteiger partial charge in [0.05, 0.1) is 30.5 Å². The summed E-state index contributed by atoms with van der Waals surface area (Å²) in [6.07, 6.45) is 1.76. The molecule has 0 saturated carbocycles. The van der Waals surface area contributed by atoms with Crippen LogP contribution in [0.4, 0.5) is 0 Å². The fourth-order valence-corrected chi connectivity index (χ4v) is 2.24. The highest BCUT2D eigenvalue weighted by molar-refractivity contribution is 5.90. The Hall–Kier alpha value is -2.82. The van der Waals surface area contributed by atoms with Crippen LogP contribution in [0.1, 0.15) is 17.3 Å². The first kappa shape index (κ1) is 14.1. The number of benzene rings is 1. The summed E-state index contributed by atoms with van der Waals surface area (Å²) in [5.74, 6) is 0.481. The van der Waals surface area contributed by atoms with Gasteiger partial charge in [0.15, 0.2) is 0 Å². The second kappa shape index (κ2) is 5.89. The summed E-state index contributed by atoms with van der Waals surface area (Å²) in [6, 6.07) is 13.1. The molecule has 1 aromatic carbocycles. The summed E-state index contributed by atoms with van der Waals surface area (Å²) in [6.45, 7) is 2.15. The molecule has 0 fully saturated rings. The molecular formula is C17H16N2O3. The molecule has 2 aromatic heterocycles. The second-order valence-electron chi connectivity index (χ2n) is 4.76. The monoisotopic (exact) mass is 296 g/mol. The Morgan fingerprint density at radius 2 is 1.95 bits per heavy atom. The van der Waals surface area contributed by atoms with Gasteiger partial charge in [0.25, 0.3) is 0 Å². The Bertz CT molecular complexity index is 806. The van der Waals surface area contributed by atoms with E-state index in [1.807, 2.05) is 30.3 Å². The third-order valence-corrected chi connectivity index (χ3v) is 3.36. The van der Waals surface area contributed by atoms with Crippen LogP contribution < -0.4 is 4.74 Å². The number of methoxy groups -OCH3 is 1. The fourth-order valence-electron chi connectivity index (χ4n) is 2.24. The number of fused-ring (bicyclic) bond motifs is 1. The first-order valence-corrected chi connectivity index (χ1v) is 7.02. The summed E-state index contributed by atoms with van der Waals surface area (Å²) < 4.78 is 11.9. The summed E-state index contributed by atoms with van der Waals surface area (Å²) >= 11 is 0. The van der Waals surface area contributed by atoms with Gasteiger partial charge in [-0.25, -0.2) is 9.31 Å². The number of carbonyl (C=O) groups excluding carboxylic acids is 1. The van der Waals surface area contributed by atoms with Crippen LogP contribution in [0.15, 0.2) is 48.7 Å². The molecule has 0 unspecified atom stereocenters. The first-order valence-electron chi connectivity index (χ1n) is 7.02. The molecule has 0 aliphatic heterocycles. The predicted molar refractivity (Wildman–Crippen MR) is 83.1 cm³/mol. The molecule has 0 aliphatic rings. The Morgan fingerprint density at radius 3 is 2.64 bits per heavy atom. The van der Waals surface area contributed by atoms with Crippen molar-refractivity contribution >= 4 is 11.5 Å². The lowest BCUT2D eigenvalue weighted by molar-refractivity contribution is 0.0526. The van der Waals surface area contributed by atoms with Crippen LogP contribution in [-0.2, 0) is 4.74 Å². The third-order valence-electron chi connectivity index (χ3n) is 3.36. The lowest BCUT2D eigenvalue weighted by Crippen LogP contribution is -2.05. The molecule has 0 atom stereocenters. The van der Waals surface area contributed by atoms with Crippen molar-refractivity contribution in [1.29, 1.82) is 0 Å². The van der Waals surface area contributed by atoms with Crippen molar-refractivity contribution in [2.75, 3.05) is 13.7 Å². The van der Waals surface area contributed by atoms with Gasteiger partial charge >= 0.3 is 5.97 Å². The average Bonchev–Trinajstić information content (AvgIpc) is 2.98. The lowest BCUT2D eigenvalue weighted by atomic mass is 10.1. The zero-order valence-electron chi connectivity index (χ0n) is 12.4. The number of esters is 1. The zero-order valence-corrected chi connectivity index (χ0v) is 12.4. The van der Waals surface area contributed by atoms with Gasteiger partial charge < -0.3 is 9.47 Å². The van der Waals surface area contributed by atoms with E-state index < -0.39 is 0 Å². The van der Waals surface area contributed by atoms with Crippen LogP contribution in [-0.4, -0.2) is 29.3 Å². The van der Waals surface area contributed by atoms with Crippen molar-refractivity contribution in [3.63, 3.8) is 0 Å². The lowest BCUT2D eigenvalue weighted by Gasteiger charge is -2.01. The summed E-state index contributed by atoms with van der Waals surface area (Å²) in [4.78, 5) is 11.8. The van der Waals surface area contributed by atoms with Crippen molar-refractivity contribution in [3.8, 4) is 17.0 Å². The standard InChI is InChI=1S/C17H16N2O3/c1-3-22-17(20)13-8-9-19-14(10-13)11-16(18-19)12-4-6-15(21-2)7-5-12/h4-11H,3H2,1-2H3. The van der Waals surface area contributed by atoms with Crippen LogP contribution in [0, 0.1) is 0 Å². The van der Waals surface area contributed by atoms with Crippen LogP contribution in [0.2, 0.25) is 0 Å². The fraction of sp³-hybridized carbons (Fsp3) is 0.176. The van der Waals surface area contributed by atoms with Crippen LogP contribution >= 0.6 is 0 Å². The average molecular weight is 296 g/mol. The molecule has 112 valence electrons. The highest BCUT2D eigenvalue weighted by Gasteiger charge is 2.10. The summed E-state index contributed by atoms with van der Waals surface area (Å²) in [5, 5.41) is 4.51. The van der Waals surface area contributed by atoms with E-state index in [4.69, 9.17) is 9.47 Å². The molecule has 0 N–H and O–H groups in total. The van der Waals surface area contributed by atoms with Gasteiger partial charge in [-0.2, -0.15) is 5.10 Å². The quantitative estimate of drug-likeness (QED) is 0.694. The van der Waals surface area contributed by atoms with Gasteiger partial charge in [-0.15, -0.1) is 0 Å². The minimum absolute atomic E-state index is 0.322. The molecule has 0 amide bonds. The number of hydrogen-bond acceptors (Lipinski definition) is 4. The molecule has 3 aromatic rings. The normalized spacial score (nSPS) is 10.6. The van der Waals surface area contributed by atoms with Crippen LogP contribution in [0.3, 0.4) is 0 Å². The minimum atomic E-state index is -0.322. The maximum Gasteiger partial charge on any atom is 0.338 e. The topological polar surface area (TPSA) is 52.8 Å². The van der Waals surface area contributed by atoms with E-state index in [1.165, 1.54) is 0 Å². The van der Waals surface area contributed by atoms with E-state index in [0.29, 0.717) is 12.2 Å².